The minimum atomic E-state index is -2.06. The topological polar surface area (TPSA) is 171 Å². The van der Waals surface area contributed by atoms with E-state index in [2.05, 4.69) is 143 Å². The highest BCUT2D eigenvalue weighted by Gasteiger charge is 2.37. The Kier molecular flexibility index (Phi) is 43.4. The van der Waals surface area contributed by atoms with Crippen LogP contribution in [0.1, 0.15) is 60.8 Å². The molecule has 3 aliphatic rings. The van der Waals surface area contributed by atoms with Gasteiger partial charge >= 0.3 is 0 Å². The molecule has 472 valence electrons. The van der Waals surface area contributed by atoms with Crippen LogP contribution in [0.3, 0.4) is 0 Å². The summed E-state index contributed by atoms with van der Waals surface area (Å²) in [6, 6.07) is 7.26. The average molecular weight is 1240 g/mol. The number of hydrogen-bond acceptors (Lipinski definition) is 13. The van der Waals surface area contributed by atoms with E-state index < -0.39 is 69.7 Å². The van der Waals surface area contributed by atoms with Crippen LogP contribution >= 0.6 is 0 Å². The van der Waals surface area contributed by atoms with Gasteiger partial charge in [0.2, 0.25) is 8.32 Å². The van der Waals surface area contributed by atoms with Crippen LogP contribution in [0.4, 0.5) is 0 Å². The molecule has 15 nitrogen and oxygen atoms in total. The lowest BCUT2D eigenvalue weighted by atomic mass is 10.2. The van der Waals surface area contributed by atoms with Gasteiger partial charge in [-0.2, -0.15) is 0 Å². The third kappa shape index (κ3) is 47.9. The maximum absolute atomic E-state index is 10.4. The Labute approximate surface area is 490 Å². The quantitative estimate of drug-likeness (QED) is 0.0197. The van der Waals surface area contributed by atoms with E-state index in [1.54, 1.807) is 7.11 Å². The zero-order chi connectivity index (χ0) is 58.6. The third-order valence-electron chi connectivity index (χ3n) is 14.0. The number of likely N-dealkylation sites (N-methyl/N-ethyl adjacent to an activating group) is 1. The molecule has 3 fully saturated rings. The molecule has 3 aliphatic heterocycles. The van der Waals surface area contributed by atoms with Gasteiger partial charge in [-0.25, -0.2) is 4.58 Å². The Balaban J connectivity index is -0.00000115. The normalized spacial score (nSPS) is 19.8. The van der Waals surface area contributed by atoms with Gasteiger partial charge in [-0.1, -0.05) is 73.9 Å². The molecule has 22 heteroatoms. The summed E-state index contributed by atoms with van der Waals surface area (Å²) in [5.41, 5.74) is -0.502. The Morgan fingerprint density at radius 1 is 0.692 bits per heavy atom. The van der Waals surface area contributed by atoms with E-state index in [1.165, 1.54) is 30.7 Å². The zero-order valence-corrected chi connectivity index (χ0v) is 61.6. The van der Waals surface area contributed by atoms with Gasteiger partial charge in [0.15, 0.2) is 33.3 Å². The summed E-state index contributed by atoms with van der Waals surface area (Å²) < 4.78 is 56.4. The molecule has 0 aromatic carbocycles. The van der Waals surface area contributed by atoms with E-state index >= 15 is 0 Å². The monoisotopic (exact) mass is 1240 g/mol. The van der Waals surface area contributed by atoms with Crippen molar-refractivity contribution in [1.82, 2.24) is 9.47 Å². The van der Waals surface area contributed by atoms with E-state index in [9.17, 15) is 10.2 Å². The van der Waals surface area contributed by atoms with Crippen molar-refractivity contribution in [3.8, 4) is 0 Å². The molecule has 0 aliphatic carbocycles. The van der Waals surface area contributed by atoms with E-state index in [-0.39, 0.29) is 12.9 Å². The lowest BCUT2D eigenvalue weighted by molar-refractivity contribution is -0.494. The van der Waals surface area contributed by atoms with Crippen LogP contribution in [-0.4, -0.2) is 239 Å². The SMILES string of the molecule is C.C=[N+](C)CC(C)C.CC1CN(C)[Si](C)(C)C1.CO[Si](C)(C)C(O)COCCC[Si](C)(C)O[Si](C)(C)CCCOCC(O)CN(C)CC(C)C[Si](C)(C)C.C[Si](C)(CCCOCC1CO1)O[Si](C)(C)CCCOCC1CO1.O. The smallest absolute Gasteiger partial charge is 0.216 e. The first-order valence-corrected chi connectivity index (χ1v) is 51.9. The van der Waals surface area contributed by atoms with Crippen LogP contribution in [0, 0.1) is 17.8 Å². The number of aliphatic hydroxyl groups excluding tert-OH is 2. The molecule has 0 aromatic heterocycles. The summed E-state index contributed by atoms with van der Waals surface area (Å²) in [6.45, 7) is 58.6. The standard InChI is InChI=1S/C26H63NO6Si4.C16H34O5Si2.C7H17NSi.C6H14N.CH4.H2O/c1-24(23-34(4,5)6)19-27(2)20-25(28)21-31-15-13-17-35(7,8)33-36(9,10)18-14-16-32-22-26(29)37(11,12)30-3;1-22(2,9-5-7-17-11-15-13-19-15)21-23(3,4)10-6-8-18-12-16-14-20-16;1-7-5-8(2)9(3,4)6-7;1-6(2)5-7(3)4;;/h24-26,28-29H,13-23H2,1-12H3;15-16H,5-14H2,1-4H3;7H,5-6H2,1-4H3;6H,3,5H2,1-2,4H3;1H4;1H2/q;;;+1;;. The first kappa shape index (κ1) is 82.8. The Morgan fingerprint density at radius 2 is 1.08 bits per heavy atom. The fraction of sp³-hybridized carbons (Fsp3) is 0.982. The predicted molar refractivity (Wildman–Crippen MR) is 351 cm³/mol. The largest absolute Gasteiger partial charge is 0.455 e. The summed E-state index contributed by atoms with van der Waals surface area (Å²) in [4.78, 5) is 2.24. The molecule has 0 saturated carbocycles. The number of aliphatic hydroxyl groups is 2. The second-order valence-corrected chi connectivity index (χ2v) is 60.7. The van der Waals surface area contributed by atoms with Crippen molar-refractivity contribution in [3.05, 3.63) is 0 Å². The Hall–Kier alpha value is 0.628. The van der Waals surface area contributed by atoms with E-state index in [1.807, 2.05) is 24.7 Å². The van der Waals surface area contributed by atoms with Crippen molar-refractivity contribution in [2.45, 2.75) is 219 Å². The molecule has 3 rings (SSSR count). The second-order valence-electron chi connectivity index (χ2n) is 28.4. The molecule has 0 aromatic rings. The molecule has 0 bridgehead atoms. The number of nitrogens with zero attached hydrogens (tertiary/aromatic N) is 3. The fourth-order valence-electron chi connectivity index (χ4n) is 10.1. The number of hydrogen-bond donors (Lipinski definition) is 2. The Bertz CT molecular complexity index is 1480. The summed E-state index contributed by atoms with van der Waals surface area (Å²) in [7, 11) is -2.68. The van der Waals surface area contributed by atoms with Gasteiger partial charge in [0.05, 0.1) is 51.5 Å². The van der Waals surface area contributed by atoms with Gasteiger partial charge < -0.3 is 66.2 Å². The van der Waals surface area contributed by atoms with Gasteiger partial charge in [-0.3, -0.25) is 0 Å². The molecule has 3 saturated heterocycles. The molecule has 4 N–H and O–H groups in total. The lowest BCUT2D eigenvalue weighted by Gasteiger charge is -2.34. The fourth-order valence-corrected chi connectivity index (χ4v) is 33.7. The van der Waals surface area contributed by atoms with Crippen molar-refractivity contribution in [2.24, 2.45) is 17.8 Å². The van der Waals surface area contributed by atoms with E-state index in [0.29, 0.717) is 51.1 Å². The molecule has 6 unspecified atom stereocenters. The van der Waals surface area contributed by atoms with Crippen LogP contribution in [-0.2, 0) is 41.1 Å². The average Bonchev–Trinajstić information content (AvgIpc) is 4.18. The minimum Gasteiger partial charge on any atom is -0.455 e. The highest BCUT2D eigenvalue weighted by molar-refractivity contribution is 6.85. The second kappa shape index (κ2) is 40.9. The van der Waals surface area contributed by atoms with Gasteiger partial charge in [-0.15, -0.1) is 0 Å². The molecule has 0 radical (unpaired) electrons. The van der Waals surface area contributed by atoms with Crippen molar-refractivity contribution in [2.75, 3.05) is 121 Å². The van der Waals surface area contributed by atoms with Gasteiger partial charge in [-0.05, 0) is 154 Å². The number of rotatable bonds is 38. The van der Waals surface area contributed by atoms with Gasteiger partial charge in [0.1, 0.15) is 40.8 Å². The molecule has 3 heterocycles. The van der Waals surface area contributed by atoms with Crippen LogP contribution in [0.2, 0.25) is 134 Å². The molecule has 78 heavy (non-hydrogen) atoms. The van der Waals surface area contributed by atoms with Gasteiger partial charge in [0, 0.05) is 60.6 Å². The maximum atomic E-state index is 10.4. The first-order chi connectivity index (χ1) is 34.8. The lowest BCUT2D eigenvalue weighted by Crippen LogP contribution is -2.46. The number of epoxide rings is 2. The molecule has 0 amide bonds. The molecule has 6 atom stereocenters. The van der Waals surface area contributed by atoms with Gasteiger partial charge in [0.25, 0.3) is 0 Å². The van der Waals surface area contributed by atoms with Crippen LogP contribution < -0.4 is 0 Å². The van der Waals surface area contributed by atoms with Crippen molar-refractivity contribution < 1.29 is 61.3 Å². The number of ether oxygens (including phenoxy) is 6. The van der Waals surface area contributed by atoms with Crippen molar-refractivity contribution in [1.29, 1.82) is 0 Å². The maximum Gasteiger partial charge on any atom is 0.216 e. The summed E-state index contributed by atoms with van der Waals surface area (Å²) in [6.07, 6.45) is 4.43. The van der Waals surface area contributed by atoms with Crippen LogP contribution in [0.15, 0.2) is 0 Å². The van der Waals surface area contributed by atoms with E-state index in [4.69, 9.17) is 41.1 Å². The van der Waals surface area contributed by atoms with Crippen LogP contribution in [0.25, 0.3) is 0 Å². The zero-order valence-electron chi connectivity index (χ0n) is 54.6. The molecular weight excluding hydrogens is 1100 g/mol. The summed E-state index contributed by atoms with van der Waals surface area (Å²) in [5.74, 6) is 2.36. The van der Waals surface area contributed by atoms with Crippen LogP contribution in [0.5, 0.6) is 0 Å². The first-order valence-electron chi connectivity index (χ1n) is 29.6. The predicted octanol–water partition coefficient (Wildman–Crippen LogP) is 10.8. The van der Waals surface area contributed by atoms with Crippen molar-refractivity contribution >= 4 is 64.6 Å². The summed E-state index contributed by atoms with van der Waals surface area (Å²) >= 11 is 0. The molecular formula is C56H134N3O12Si7+. The van der Waals surface area contributed by atoms with E-state index in [0.717, 1.165) is 102 Å². The minimum absolute atomic E-state index is 0. The van der Waals surface area contributed by atoms with Crippen molar-refractivity contribution in [3.63, 3.8) is 0 Å². The third-order valence-corrected chi connectivity index (χ3v) is 37.7. The Morgan fingerprint density at radius 3 is 1.36 bits per heavy atom. The summed E-state index contributed by atoms with van der Waals surface area (Å²) in [5, 5.41) is 20.6. The highest BCUT2D eigenvalue weighted by atomic mass is 28.4. The molecule has 0 spiro atoms. The highest BCUT2D eigenvalue weighted by Crippen LogP contribution is 2.29.